The van der Waals surface area contributed by atoms with Gasteiger partial charge in [-0.2, -0.15) is 0 Å². The molecule has 0 radical (unpaired) electrons. The molecule has 0 unspecified atom stereocenters. The topological polar surface area (TPSA) is 34.4 Å². The van der Waals surface area contributed by atoms with E-state index < -0.39 is 0 Å². The standard InChI is InChI=1S/C12H19NO2/c1-10-3-4-11(2)13(10)12(9-14)5-7-15-8-6-12/h3-4,14H,5-9H2,1-2H3. The number of rotatable bonds is 2. The monoisotopic (exact) mass is 209 g/mol. The van der Waals surface area contributed by atoms with Crippen LogP contribution in [0, 0.1) is 13.8 Å². The van der Waals surface area contributed by atoms with E-state index in [2.05, 4.69) is 30.5 Å². The van der Waals surface area contributed by atoms with Crippen molar-refractivity contribution >= 4 is 0 Å². The molecule has 2 rings (SSSR count). The SMILES string of the molecule is Cc1ccc(C)n1C1(CO)CCOCC1. The molecule has 1 aliphatic rings. The van der Waals surface area contributed by atoms with Crippen LogP contribution in [0.25, 0.3) is 0 Å². The Bertz CT molecular complexity index is 318. The molecule has 0 aromatic carbocycles. The average Bonchev–Trinajstić information content (AvgIpc) is 2.60. The zero-order valence-electron chi connectivity index (χ0n) is 9.49. The Kier molecular flexibility index (Phi) is 2.85. The summed E-state index contributed by atoms with van der Waals surface area (Å²) in [5, 5.41) is 9.69. The molecule has 3 nitrogen and oxygen atoms in total. The van der Waals surface area contributed by atoms with Crippen LogP contribution >= 0.6 is 0 Å². The number of aliphatic hydroxyl groups is 1. The summed E-state index contributed by atoms with van der Waals surface area (Å²) in [6.07, 6.45) is 1.81. The van der Waals surface area contributed by atoms with Crippen LogP contribution in [0.1, 0.15) is 24.2 Å². The van der Waals surface area contributed by atoms with E-state index in [-0.39, 0.29) is 12.1 Å². The molecule has 1 fully saturated rings. The lowest BCUT2D eigenvalue weighted by atomic mass is 9.90. The van der Waals surface area contributed by atoms with Gasteiger partial charge >= 0.3 is 0 Å². The van der Waals surface area contributed by atoms with Gasteiger partial charge in [0.15, 0.2) is 0 Å². The fraction of sp³-hybridized carbons (Fsp3) is 0.667. The maximum atomic E-state index is 9.69. The Morgan fingerprint density at radius 2 is 1.80 bits per heavy atom. The van der Waals surface area contributed by atoms with Crippen molar-refractivity contribution in [3.8, 4) is 0 Å². The second kappa shape index (κ2) is 3.99. The first-order valence-corrected chi connectivity index (χ1v) is 5.54. The number of aryl methyl sites for hydroxylation is 2. The largest absolute Gasteiger partial charge is 0.394 e. The van der Waals surface area contributed by atoms with Crippen LogP contribution in [0.3, 0.4) is 0 Å². The Morgan fingerprint density at radius 1 is 1.27 bits per heavy atom. The maximum Gasteiger partial charge on any atom is 0.0718 e. The normalized spacial score (nSPS) is 20.5. The second-order valence-electron chi connectivity index (χ2n) is 4.45. The molecule has 0 atom stereocenters. The van der Waals surface area contributed by atoms with Crippen LogP contribution in [0.4, 0.5) is 0 Å². The molecule has 1 aliphatic heterocycles. The molecule has 1 saturated heterocycles. The third-order valence-electron chi connectivity index (χ3n) is 3.46. The van der Waals surface area contributed by atoms with Crippen molar-refractivity contribution in [1.29, 1.82) is 0 Å². The molecule has 3 heteroatoms. The minimum absolute atomic E-state index is 0.129. The molecule has 0 saturated carbocycles. The highest BCUT2D eigenvalue weighted by atomic mass is 16.5. The molecule has 0 spiro atoms. The fourth-order valence-electron chi connectivity index (χ4n) is 2.62. The van der Waals surface area contributed by atoms with Crippen LogP contribution in [0.5, 0.6) is 0 Å². The molecular weight excluding hydrogens is 190 g/mol. The number of ether oxygens (including phenoxy) is 1. The first-order valence-electron chi connectivity index (χ1n) is 5.54. The summed E-state index contributed by atoms with van der Waals surface area (Å²) in [5.41, 5.74) is 2.32. The van der Waals surface area contributed by atoms with Crippen molar-refractivity contribution in [2.24, 2.45) is 0 Å². The van der Waals surface area contributed by atoms with Gasteiger partial charge in [0.25, 0.3) is 0 Å². The lowest BCUT2D eigenvalue weighted by Crippen LogP contribution is -2.43. The van der Waals surface area contributed by atoms with E-state index in [1.54, 1.807) is 0 Å². The molecule has 0 bridgehead atoms. The Hall–Kier alpha value is -0.800. The minimum atomic E-state index is -0.129. The number of nitrogens with zero attached hydrogens (tertiary/aromatic N) is 1. The van der Waals surface area contributed by atoms with Crippen molar-refractivity contribution in [2.75, 3.05) is 19.8 Å². The maximum absolute atomic E-state index is 9.69. The molecule has 1 N–H and O–H groups in total. The van der Waals surface area contributed by atoms with Gasteiger partial charge in [-0.1, -0.05) is 0 Å². The Balaban J connectivity index is 2.40. The van der Waals surface area contributed by atoms with Crippen molar-refractivity contribution in [3.63, 3.8) is 0 Å². The van der Waals surface area contributed by atoms with Gasteiger partial charge in [0.05, 0.1) is 12.1 Å². The minimum Gasteiger partial charge on any atom is -0.394 e. The van der Waals surface area contributed by atoms with Crippen LogP contribution in [-0.4, -0.2) is 29.5 Å². The van der Waals surface area contributed by atoms with Crippen LogP contribution in [0.2, 0.25) is 0 Å². The predicted octanol–water partition coefficient (Wildman–Crippen LogP) is 1.60. The molecule has 15 heavy (non-hydrogen) atoms. The third-order valence-corrected chi connectivity index (χ3v) is 3.46. The lowest BCUT2D eigenvalue weighted by Gasteiger charge is -2.39. The van der Waals surface area contributed by atoms with Gasteiger partial charge in [0, 0.05) is 24.6 Å². The van der Waals surface area contributed by atoms with Crippen LogP contribution < -0.4 is 0 Å². The lowest BCUT2D eigenvalue weighted by molar-refractivity contribution is -0.00978. The van der Waals surface area contributed by atoms with E-state index in [4.69, 9.17) is 4.74 Å². The van der Waals surface area contributed by atoms with Gasteiger partial charge in [0.1, 0.15) is 0 Å². The van der Waals surface area contributed by atoms with Gasteiger partial charge in [0.2, 0.25) is 0 Å². The van der Waals surface area contributed by atoms with E-state index in [9.17, 15) is 5.11 Å². The molecule has 2 heterocycles. The summed E-state index contributed by atoms with van der Waals surface area (Å²) in [7, 11) is 0. The summed E-state index contributed by atoms with van der Waals surface area (Å²) >= 11 is 0. The van der Waals surface area contributed by atoms with Crippen molar-refractivity contribution in [3.05, 3.63) is 23.5 Å². The van der Waals surface area contributed by atoms with Crippen molar-refractivity contribution in [2.45, 2.75) is 32.2 Å². The molecule has 0 aliphatic carbocycles. The summed E-state index contributed by atoms with van der Waals surface area (Å²) in [5.74, 6) is 0. The summed E-state index contributed by atoms with van der Waals surface area (Å²) in [6, 6.07) is 4.23. The Labute approximate surface area is 90.7 Å². The smallest absolute Gasteiger partial charge is 0.0718 e. The van der Waals surface area contributed by atoms with Gasteiger partial charge in [-0.25, -0.2) is 0 Å². The van der Waals surface area contributed by atoms with Gasteiger partial charge < -0.3 is 14.4 Å². The van der Waals surface area contributed by atoms with Gasteiger partial charge in [-0.15, -0.1) is 0 Å². The average molecular weight is 209 g/mol. The predicted molar refractivity (Wildman–Crippen MR) is 59.0 cm³/mol. The highest BCUT2D eigenvalue weighted by Crippen LogP contribution is 2.31. The van der Waals surface area contributed by atoms with Crippen molar-refractivity contribution in [1.82, 2.24) is 4.57 Å². The molecule has 1 aromatic heterocycles. The quantitative estimate of drug-likeness (QED) is 0.803. The number of aliphatic hydroxyl groups excluding tert-OH is 1. The highest BCUT2D eigenvalue weighted by molar-refractivity contribution is 5.18. The number of aromatic nitrogens is 1. The molecule has 84 valence electrons. The fourth-order valence-corrected chi connectivity index (χ4v) is 2.62. The van der Waals surface area contributed by atoms with E-state index in [0.717, 1.165) is 26.1 Å². The van der Waals surface area contributed by atoms with Crippen LogP contribution in [-0.2, 0) is 10.3 Å². The van der Waals surface area contributed by atoms with Gasteiger partial charge in [-0.05, 0) is 38.8 Å². The van der Waals surface area contributed by atoms with Crippen LogP contribution in [0.15, 0.2) is 12.1 Å². The zero-order valence-corrected chi connectivity index (χ0v) is 9.49. The number of hydrogen-bond acceptors (Lipinski definition) is 2. The first kappa shape index (κ1) is 10.7. The van der Waals surface area contributed by atoms with Gasteiger partial charge in [-0.3, -0.25) is 0 Å². The third kappa shape index (κ3) is 1.70. The zero-order chi connectivity index (χ0) is 10.9. The number of hydrogen-bond donors (Lipinski definition) is 1. The summed E-state index contributed by atoms with van der Waals surface area (Å²) < 4.78 is 7.65. The molecule has 0 amide bonds. The summed E-state index contributed by atoms with van der Waals surface area (Å²) in [4.78, 5) is 0. The van der Waals surface area contributed by atoms with Crippen molar-refractivity contribution < 1.29 is 9.84 Å². The molecular formula is C12H19NO2. The van der Waals surface area contributed by atoms with E-state index in [0.29, 0.717) is 0 Å². The summed E-state index contributed by atoms with van der Waals surface area (Å²) in [6.45, 7) is 5.89. The van der Waals surface area contributed by atoms with E-state index >= 15 is 0 Å². The second-order valence-corrected chi connectivity index (χ2v) is 4.45. The highest BCUT2D eigenvalue weighted by Gasteiger charge is 2.35. The molecule has 1 aromatic rings. The van der Waals surface area contributed by atoms with E-state index in [1.807, 2.05) is 0 Å². The first-order chi connectivity index (χ1) is 7.19. The Morgan fingerprint density at radius 3 is 2.27 bits per heavy atom. The van der Waals surface area contributed by atoms with E-state index in [1.165, 1.54) is 11.4 Å².